The zero-order chi connectivity index (χ0) is 20.1. The van der Waals surface area contributed by atoms with E-state index >= 15 is 0 Å². The van der Waals surface area contributed by atoms with Gasteiger partial charge in [-0.2, -0.15) is 0 Å². The first-order chi connectivity index (χ1) is 13.4. The molecule has 0 spiro atoms. The summed E-state index contributed by atoms with van der Waals surface area (Å²) in [6.45, 7) is 3.78. The number of hydrogen-bond donors (Lipinski definition) is 1. The summed E-state index contributed by atoms with van der Waals surface area (Å²) >= 11 is 0. The lowest BCUT2D eigenvalue weighted by Crippen LogP contribution is -2.39. The first kappa shape index (κ1) is 20.7. The molecule has 1 fully saturated rings. The van der Waals surface area contributed by atoms with E-state index in [9.17, 15) is 13.5 Å². The second-order valence-corrected chi connectivity index (χ2v) is 9.67. The fraction of sp³-hybridized carbons (Fsp3) is 0.524. The van der Waals surface area contributed by atoms with E-state index in [4.69, 9.17) is 0 Å². The Morgan fingerprint density at radius 2 is 1.86 bits per heavy atom. The van der Waals surface area contributed by atoms with Gasteiger partial charge in [0.15, 0.2) is 9.84 Å². The van der Waals surface area contributed by atoms with Crippen molar-refractivity contribution in [3.63, 3.8) is 0 Å². The van der Waals surface area contributed by atoms with Crippen molar-refractivity contribution in [2.24, 2.45) is 5.92 Å². The Kier molecular flexibility index (Phi) is 6.67. The molecular formula is C21H29N3O3S. The molecule has 0 radical (unpaired) electrons. The van der Waals surface area contributed by atoms with Crippen LogP contribution in [0, 0.1) is 5.92 Å². The molecule has 1 aliphatic rings. The number of aryl methyl sites for hydroxylation is 1. The van der Waals surface area contributed by atoms with Crippen molar-refractivity contribution >= 4 is 15.8 Å². The number of hydrogen-bond acceptors (Lipinski definition) is 6. The summed E-state index contributed by atoms with van der Waals surface area (Å²) in [5.41, 5.74) is 2.01. The zero-order valence-corrected chi connectivity index (χ0v) is 17.4. The highest BCUT2D eigenvalue weighted by Crippen LogP contribution is 2.25. The van der Waals surface area contributed by atoms with Crippen LogP contribution < -0.4 is 4.90 Å². The molecule has 6 nitrogen and oxygen atoms in total. The maximum Gasteiger partial charge on any atom is 0.225 e. The maximum absolute atomic E-state index is 11.7. The van der Waals surface area contributed by atoms with Gasteiger partial charge >= 0.3 is 0 Å². The van der Waals surface area contributed by atoms with E-state index in [2.05, 4.69) is 21.8 Å². The molecule has 1 N–H and O–H groups in total. The third-order valence-corrected chi connectivity index (χ3v) is 6.48. The predicted molar refractivity (Wildman–Crippen MR) is 110 cm³/mol. The summed E-state index contributed by atoms with van der Waals surface area (Å²) < 4.78 is 23.4. The Hall–Kier alpha value is -1.99. The van der Waals surface area contributed by atoms with Gasteiger partial charge in [0, 0.05) is 31.7 Å². The van der Waals surface area contributed by atoms with Crippen LogP contribution >= 0.6 is 0 Å². The highest BCUT2D eigenvalue weighted by Gasteiger charge is 2.26. The summed E-state index contributed by atoms with van der Waals surface area (Å²) in [4.78, 5) is 11.4. The first-order valence-electron chi connectivity index (χ1n) is 9.89. The summed E-state index contributed by atoms with van der Waals surface area (Å²) in [7, 11) is -3.23. The molecule has 0 amide bonds. The lowest BCUT2D eigenvalue weighted by Gasteiger charge is -2.34. The monoisotopic (exact) mass is 403 g/mol. The van der Waals surface area contributed by atoms with Gasteiger partial charge in [0.05, 0.1) is 11.0 Å². The van der Waals surface area contributed by atoms with E-state index in [0.717, 1.165) is 55.8 Å². The number of anilines is 1. The van der Waals surface area contributed by atoms with E-state index in [-0.39, 0.29) is 5.92 Å². The lowest BCUT2D eigenvalue weighted by molar-refractivity contribution is 0.0927. The number of sulfone groups is 1. The maximum atomic E-state index is 11.7. The summed E-state index contributed by atoms with van der Waals surface area (Å²) in [6.07, 6.45) is 8.81. The Morgan fingerprint density at radius 1 is 1.18 bits per heavy atom. The SMILES string of the molecule is CCCc1cnc(N2CCC([C@H](O)Cc3cccc(S(C)(=O)=O)c3)CC2)nc1. The molecule has 28 heavy (non-hydrogen) atoms. The van der Waals surface area contributed by atoms with Crippen molar-refractivity contribution in [1.29, 1.82) is 0 Å². The number of nitrogens with zero attached hydrogens (tertiary/aromatic N) is 3. The molecule has 0 bridgehead atoms. The molecule has 1 atom stereocenters. The molecule has 152 valence electrons. The van der Waals surface area contributed by atoms with Gasteiger partial charge in [0.25, 0.3) is 0 Å². The quantitative estimate of drug-likeness (QED) is 0.765. The molecule has 2 heterocycles. The van der Waals surface area contributed by atoms with Gasteiger partial charge < -0.3 is 10.0 Å². The molecule has 1 aromatic carbocycles. The lowest BCUT2D eigenvalue weighted by atomic mass is 9.88. The Bertz CT molecular complexity index is 876. The Morgan fingerprint density at radius 3 is 2.46 bits per heavy atom. The van der Waals surface area contributed by atoms with Gasteiger partial charge in [-0.3, -0.25) is 0 Å². The molecule has 2 aromatic rings. The number of rotatable bonds is 7. The van der Waals surface area contributed by atoms with E-state index in [0.29, 0.717) is 11.3 Å². The van der Waals surface area contributed by atoms with Crippen molar-refractivity contribution in [2.45, 2.75) is 50.0 Å². The van der Waals surface area contributed by atoms with Crippen molar-refractivity contribution < 1.29 is 13.5 Å². The molecule has 1 saturated heterocycles. The van der Waals surface area contributed by atoms with E-state index in [1.165, 1.54) is 6.26 Å². The average molecular weight is 404 g/mol. The Labute approximate surface area is 167 Å². The van der Waals surface area contributed by atoms with Crippen LogP contribution in [0.5, 0.6) is 0 Å². The molecule has 1 aliphatic heterocycles. The number of aromatic nitrogens is 2. The van der Waals surface area contributed by atoms with E-state index in [1.54, 1.807) is 18.2 Å². The molecule has 0 unspecified atom stereocenters. The number of piperidine rings is 1. The molecule has 0 saturated carbocycles. The van der Waals surface area contributed by atoms with Crippen LogP contribution in [0.25, 0.3) is 0 Å². The van der Waals surface area contributed by atoms with Gasteiger partial charge in [-0.15, -0.1) is 0 Å². The second-order valence-electron chi connectivity index (χ2n) is 7.66. The minimum atomic E-state index is -3.23. The van der Waals surface area contributed by atoms with Gasteiger partial charge in [-0.05, 0) is 54.9 Å². The van der Waals surface area contributed by atoms with Crippen molar-refractivity contribution in [3.8, 4) is 0 Å². The van der Waals surface area contributed by atoms with Crippen molar-refractivity contribution in [3.05, 3.63) is 47.8 Å². The summed E-state index contributed by atoms with van der Waals surface area (Å²) in [5.74, 6) is 0.950. The molecule has 0 aliphatic carbocycles. The normalized spacial score (nSPS) is 16.9. The van der Waals surface area contributed by atoms with Gasteiger partial charge in [-0.25, -0.2) is 18.4 Å². The largest absolute Gasteiger partial charge is 0.392 e. The van der Waals surface area contributed by atoms with Crippen LogP contribution in [0.3, 0.4) is 0 Å². The Balaban J connectivity index is 1.56. The van der Waals surface area contributed by atoms with Crippen molar-refractivity contribution in [2.75, 3.05) is 24.2 Å². The van der Waals surface area contributed by atoms with Gasteiger partial charge in [0.2, 0.25) is 5.95 Å². The van der Waals surface area contributed by atoms with Crippen LogP contribution in [-0.4, -0.2) is 48.9 Å². The minimum Gasteiger partial charge on any atom is -0.392 e. The molecular weight excluding hydrogens is 374 g/mol. The molecule has 3 rings (SSSR count). The van der Waals surface area contributed by atoms with Crippen LogP contribution in [0.2, 0.25) is 0 Å². The third-order valence-electron chi connectivity index (χ3n) is 5.37. The summed E-state index contributed by atoms with van der Waals surface area (Å²) in [5, 5.41) is 10.7. The number of aliphatic hydroxyl groups excluding tert-OH is 1. The predicted octanol–water partition coefficient (Wildman–Crippen LogP) is 2.65. The van der Waals surface area contributed by atoms with E-state index < -0.39 is 15.9 Å². The third kappa shape index (κ3) is 5.29. The highest BCUT2D eigenvalue weighted by molar-refractivity contribution is 7.90. The smallest absolute Gasteiger partial charge is 0.225 e. The first-order valence-corrected chi connectivity index (χ1v) is 11.8. The van der Waals surface area contributed by atoms with Crippen LogP contribution in [-0.2, 0) is 22.7 Å². The van der Waals surface area contributed by atoms with Crippen molar-refractivity contribution in [1.82, 2.24) is 9.97 Å². The fourth-order valence-electron chi connectivity index (χ4n) is 3.72. The molecule has 7 heteroatoms. The second kappa shape index (κ2) is 9.01. The molecule has 1 aromatic heterocycles. The standard InChI is InChI=1S/C21H29N3O3S/c1-3-5-17-14-22-21(23-15-17)24-10-8-18(9-11-24)20(25)13-16-6-4-7-19(12-16)28(2,26)27/h4,6-7,12,14-15,18,20,25H,3,5,8-11,13H2,1-2H3/t20-/m1/s1. The minimum absolute atomic E-state index is 0.192. The topological polar surface area (TPSA) is 83.4 Å². The van der Waals surface area contributed by atoms with E-state index in [1.807, 2.05) is 18.5 Å². The average Bonchev–Trinajstić information content (AvgIpc) is 2.68. The van der Waals surface area contributed by atoms with Crippen LogP contribution in [0.15, 0.2) is 41.6 Å². The zero-order valence-electron chi connectivity index (χ0n) is 16.6. The van der Waals surface area contributed by atoms with Gasteiger partial charge in [0.1, 0.15) is 0 Å². The highest BCUT2D eigenvalue weighted by atomic mass is 32.2. The van der Waals surface area contributed by atoms with Crippen LogP contribution in [0.1, 0.15) is 37.3 Å². The summed E-state index contributed by atoms with van der Waals surface area (Å²) in [6, 6.07) is 6.87. The number of benzene rings is 1. The van der Waals surface area contributed by atoms with Crippen LogP contribution in [0.4, 0.5) is 5.95 Å². The van der Waals surface area contributed by atoms with Gasteiger partial charge in [-0.1, -0.05) is 25.5 Å². The fourth-order valence-corrected chi connectivity index (χ4v) is 4.42. The number of aliphatic hydroxyl groups is 1.